The third-order valence-electron chi connectivity index (χ3n) is 2.78. The Bertz CT molecular complexity index is 333. The topological polar surface area (TPSA) is 29.3 Å². The molecule has 1 aromatic rings. The van der Waals surface area contributed by atoms with Crippen LogP contribution in [0.2, 0.25) is 0 Å². The zero-order valence-electron chi connectivity index (χ0n) is 11.8. The molecule has 0 amide bonds. The van der Waals surface area contributed by atoms with Crippen molar-refractivity contribution >= 4 is 0 Å². The molecular weight excluding hydrogens is 208 g/mol. The monoisotopic (exact) mass is 234 g/mol. The lowest BCUT2D eigenvalue weighted by Crippen LogP contribution is -2.43. The summed E-state index contributed by atoms with van der Waals surface area (Å²) in [4.78, 5) is 2.27. The largest absolute Gasteiger partial charge is 0.324 e. The number of benzene rings is 1. The molecule has 0 atom stereocenters. The van der Waals surface area contributed by atoms with Gasteiger partial charge in [-0.2, -0.15) is 0 Å². The van der Waals surface area contributed by atoms with Gasteiger partial charge in [0.25, 0.3) is 0 Å². The van der Waals surface area contributed by atoms with E-state index in [-0.39, 0.29) is 5.54 Å². The van der Waals surface area contributed by atoms with E-state index < -0.39 is 0 Å². The highest BCUT2D eigenvalue weighted by Crippen LogP contribution is 2.15. The van der Waals surface area contributed by atoms with Crippen LogP contribution in [0.1, 0.15) is 44.7 Å². The minimum Gasteiger partial charge on any atom is -0.324 e. The first-order chi connectivity index (χ1) is 7.78. The maximum absolute atomic E-state index is 6.01. The predicted molar refractivity (Wildman–Crippen MR) is 75.1 cm³/mol. The molecule has 0 spiro atoms. The maximum atomic E-state index is 6.01. The second-order valence-corrected chi connectivity index (χ2v) is 6.06. The SMILES string of the molecule is CC(C)c1ccc(CN(C)CC(C)(C)N)cc1. The lowest BCUT2D eigenvalue weighted by Gasteiger charge is -2.26. The van der Waals surface area contributed by atoms with Crippen molar-refractivity contribution in [2.24, 2.45) is 5.73 Å². The highest BCUT2D eigenvalue weighted by Gasteiger charge is 2.13. The molecule has 0 heterocycles. The molecule has 0 aliphatic carbocycles. The van der Waals surface area contributed by atoms with Crippen molar-refractivity contribution in [3.8, 4) is 0 Å². The molecule has 0 aromatic heterocycles. The van der Waals surface area contributed by atoms with Crippen LogP contribution in [0, 0.1) is 0 Å². The molecule has 2 nitrogen and oxygen atoms in total. The standard InChI is InChI=1S/C15H26N2/c1-12(2)14-8-6-13(7-9-14)10-17(5)11-15(3,4)16/h6-9,12H,10-11,16H2,1-5H3. The van der Waals surface area contributed by atoms with Crippen molar-refractivity contribution < 1.29 is 0 Å². The molecule has 0 bridgehead atoms. The van der Waals surface area contributed by atoms with E-state index in [0.29, 0.717) is 5.92 Å². The van der Waals surface area contributed by atoms with Gasteiger partial charge in [-0.25, -0.2) is 0 Å². The first-order valence-corrected chi connectivity index (χ1v) is 6.34. The van der Waals surface area contributed by atoms with E-state index in [1.807, 2.05) is 0 Å². The van der Waals surface area contributed by atoms with Crippen LogP contribution in [0.5, 0.6) is 0 Å². The fourth-order valence-corrected chi connectivity index (χ4v) is 2.07. The molecule has 0 aliphatic rings. The third kappa shape index (κ3) is 5.33. The zero-order valence-corrected chi connectivity index (χ0v) is 11.8. The first-order valence-electron chi connectivity index (χ1n) is 6.34. The van der Waals surface area contributed by atoms with Gasteiger partial charge >= 0.3 is 0 Å². The van der Waals surface area contributed by atoms with Crippen LogP contribution < -0.4 is 5.73 Å². The number of hydrogen-bond acceptors (Lipinski definition) is 2. The fraction of sp³-hybridized carbons (Fsp3) is 0.600. The Morgan fingerprint density at radius 2 is 1.71 bits per heavy atom. The van der Waals surface area contributed by atoms with Gasteiger partial charge in [0.15, 0.2) is 0 Å². The fourth-order valence-electron chi connectivity index (χ4n) is 2.07. The summed E-state index contributed by atoms with van der Waals surface area (Å²) in [6.07, 6.45) is 0. The van der Waals surface area contributed by atoms with E-state index in [9.17, 15) is 0 Å². The van der Waals surface area contributed by atoms with Crippen molar-refractivity contribution in [1.82, 2.24) is 4.90 Å². The summed E-state index contributed by atoms with van der Waals surface area (Å²) >= 11 is 0. The first kappa shape index (κ1) is 14.2. The Balaban J connectivity index is 2.57. The summed E-state index contributed by atoms with van der Waals surface area (Å²) in [5.41, 5.74) is 8.63. The summed E-state index contributed by atoms with van der Waals surface area (Å²) in [7, 11) is 2.12. The molecule has 0 fully saturated rings. The summed E-state index contributed by atoms with van der Waals surface area (Å²) in [6, 6.07) is 8.88. The highest BCUT2D eigenvalue weighted by molar-refractivity contribution is 5.24. The minimum atomic E-state index is -0.132. The smallest absolute Gasteiger partial charge is 0.0231 e. The van der Waals surface area contributed by atoms with Gasteiger partial charge < -0.3 is 10.6 Å². The van der Waals surface area contributed by atoms with Crippen molar-refractivity contribution in [3.05, 3.63) is 35.4 Å². The van der Waals surface area contributed by atoms with Crippen LogP contribution in [0.25, 0.3) is 0 Å². The second-order valence-electron chi connectivity index (χ2n) is 6.06. The van der Waals surface area contributed by atoms with Crippen molar-refractivity contribution in [3.63, 3.8) is 0 Å². The van der Waals surface area contributed by atoms with Gasteiger partial charge in [-0.1, -0.05) is 38.1 Å². The van der Waals surface area contributed by atoms with Gasteiger partial charge in [0.1, 0.15) is 0 Å². The van der Waals surface area contributed by atoms with E-state index in [4.69, 9.17) is 5.73 Å². The number of nitrogens with zero attached hydrogens (tertiary/aromatic N) is 1. The number of nitrogens with two attached hydrogens (primary N) is 1. The van der Waals surface area contributed by atoms with E-state index >= 15 is 0 Å². The summed E-state index contributed by atoms with van der Waals surface area (Å²) in [6.45, 7) is 10.4. The van der Waals surface area contributed by atoms with E-state index in [1.54, 1.807) is 0 Å². The molecule has 17 heavy (non-hydrogen) atoms. The molecule has 1 rings (SSSR count). The summed E-state index contributed by atoms with van der Waals surface area (Å²) in [5.74, 6) is 0.602. The Labute approximate surface area is 106 Å². The van der Waals surface area contributed by atoms with Gasteiger partial charge in [0.05, 0.1) is 0 Å². The van der Waals surface area contributed by atoms with Crippen LogP contribution in [0.15, 0.2) is 24.3 Å². The molecule has 0 radical (unpaired) electrons. The maximum Gasteiger partial charge on any atom is 0.0231 e. The number of hydrogen-bond donors (Lipinski definition) is 1. The van der Waals surface area contributed by atoms with Crippen LogP contribution in [0.4, 0.5) is 0 Å². The minimum absolute atomic E-state index is 0.132. The van der Waals surface area contributed by atoms with Gasteiger partial charge in [-0.05, 0) is 37.9 Å². The molecule has 2 N–H and O–H groups in total. The quantitative estimate of drug-likeness (QED) is 0.848. The average molecular weight is 234 g/mol. The van der Waals surface area contributed by atoms with Crippen LogP contribution in [-0.2, 0) is 6.54 Å². The van der Waals surface area contributed by atoms with Gasteiger partial charge in [0.2, 0.25) is 0 Å². The van der Waals surface area contributed by atoms with Crippen LogP contribution >= 0.6 is 0 Å². The Kier molecular flexibility index (Phi) is 4.72. The summed E-state index contributed by atoms with van der Waals surface area (Å²) < 4.78 is 0. The molecule has 96 valence electrons. The molecule has 0 saturated heterocycles. The number of likely N-dealkylation sites (N-methyl/N-ethyl adjacent to an activating group) is 1. The highest BCUT2D eigenvalue weighted by atomic mass is 15.1. The average Bonchev–Trinajstić information content (AvgIpc) is 2.15. The summed E-state index contributed by atoms with van der Waals surface area (Å²) in [5, 5.41) is 0. The van der Waals surface area contributed by atoms with Gasteiger partial charge in [-0.15, -0.1) is 0 Å². The zero-order chi connectivity index (χ0) is 13.1. The van der Waals surface area contributed by atoms with Crippen LogP contribution in [0.3, 0.4) is 0 Å². The van der Waals surface area contributed by atoms with Gasteiger partial charge in [-0.3, -0.25) is 0 Å². The van der Waals surface area contributed by atoms with Crippen molar-refractivity contribution in [2.75, 3.05) is 13.6 Å². The normalized spacial score (nSPS) is 12.5. The van der Waals surface area contributed by atoms with Crippen LogP contribution in [-0.4, -0.2) is 24.0 Å². The Hall–Kier alpha value is -0.860. The lowest BCUT2D eigenvalue weighted by atomic mass is 10.0. The van der Waals surface area contributed by atoms with Gasteiger partial charge in [0, 0.05) is 18.6 Å². The Morgan fingerprint density at radius 3 is 2.12 bits per heavy atom. The van der Waals surface area contributed by atoms with Crippen molar-refractivity contribution in [2.45, 2.75) is 45.7 Å². The molecule has 0 saturated carbocycles. The lowest BCUT2D eigenvalue weighted by molar-refractivity contribution is 0.263. The van der Waals surface area contributed by atoms with Crippen molar-refractivity contribution in [1.29, 1.82) is 0 Å². The molecule has 0 unspecified atom stereocenters. The number of rotatable bonds is 5. The Morgan fingerprint density at radius 1 is 1.18 bits per heavy atom. The predicted octanol–water partition coefficient (Wildman–Crippen LogP) is 2.98. The van der Waals surface area contributed by atoms with E-state index in [0.717, 1.165) is 13.1 Å². The molecule has 0 aliphatic heterocycles. The molecule has 1 aromatic carbocycles. The third-order valence-corrected chi connectivity index (χ3v) is 2.78. The molecular formula is C15H26N2. The van der Waals surface area contributed by atoms with E-state index in [2.05, 4.69) is 63.9 Å². The van der Waals surface area contributed by atoms with E-state index in [1.165, 1.54) is 11.1 Å². The molecule has 2 heteroatoms. The second kappa shape index (κ2) is 5.65.